The summed E-state index contributed by atoms with van der Waals surface area (Å²) in [6.45, 7) is 2.97. The van der Waals surface area contributed by atoms with E-state index in [0.29, 0.717) is 22.8 Å². The number of benzene rings is 2. The molecule has 1 aliphatic rings. The van der Waals surface area contributed by atoms with Gasteiger partial charge in [0, 0.05) is 22.9 Å². The van der Waals surface area contributed by atoms with Crippen molar-refractivity contribution in [2.45, 2.75) is 20.0 Å². The summed E-state index contributed by atoms with van der Waals surface area (Å²) in [5, 5.41) is 14.8. The number of Topliss-reactive ketones (excluding diaryl/α,β-unsaturated/α-hetero) is 1. The lowest BCUT2D eigenvalue weighted by Crippen LogP contribution is -2.25. The lowest BCUT2D eigenvalue weighted by atomic mass is 10.0. The van der Waals surface area contributed by atoms with Crippen molar-refractivity contribution >= 4 is 39.2 Å². The Morgan fingerprint density at radius 1 is 1.10 bits per heavy atom. The number of aliphatic imine (C=N–C) groups is 1. The first-order chi connectivity index (χ1) is 14.7. The van der Waals surface area contributed by atoms with Crippen LogP contribution in [0.25, 0.3) is 33.1 Å². The predicted octanol–water partition coefficient (Wildman–Crippen LogP) is 3.76. The van der Waals surface area contributed by atoms with Crippen molar-refractivity contribution in [3.8, 4) is 11.3 Å². The van der Waals surface area contributed by atoms with Crippen molar-refractivity contribution in [1.29, 1.82) is 0 Å². The summed E-state index contributed by atoms with van der Waals surface area (Å²) in [4.78, 5) is 17.5. The van der Waals surface area contributed by atoms with Gasteiger partial charge in [0.05, 0.1) is 23.5 Å². The van der Waals surface area contributed by atoms with E-state index in [2.05, 4.69) is 15.4 Å². The number of carbonyl (C=O) groups excluding carboxylic acids is 1. The number of aromatic nitrogens is 5. The molecule has 0 amide bonds. The molecule has 8 nitrogen and oxygen atoms in total. The first kappa shape index (κ1) is 16.8. The Hall–Kier alpha value is -4.07. The van der Waals surface area contributed by atoms with E-state index < -0.39 is 0 Å². The Bertz CT molecular complexity index is 1490. The summed E-state index contributed by atoms with van der Waals surface area (Å²) in [5.74, 6) is 0.525. The third-order valence-corrected chi connectivity index (χ3v) is 5.43. The first-order valence-electron chi connectivity index (χ1n) is 9.71. The van der Waals surface area contributed by atoms with Gasteiger partial charge in [-0.2, -0.15) is 10.2 Å². The molecular formula is C22H16N6O2. The van der Waals surface area contributed by atoms with Crippen LogP contribution in [0.2, 0.25) is 0 Å². The average Bonchev–Trinajstić information content (AvgIpc) is 3.48. The molecule has 2 aromatic carbocycles. The zero-order chi connectivity index (χ0) is 20.2. The number of carbonyl (C=O) groups is 1. The van der Waals surface area contributed by atoms with Crippen LogP contribution in [0.1, 0.15) is 12.5 Å². The molecule has 0 saturated carbocycles. The molecule has 0 radical (unpaired) electrons. The minimum atomic E-state index is -0.0793. The third kappa shape index (κ3) is 2.37. The second-order valence-electron chi connectivity index (χ2n) is 7.18. The van der Waals surface area contributed by atoms with Gasteiger partial charge in [0.25, 0.3) is 0 Å². The van der Waals surface area contributed by atoms with E-state index in [4.69, 9.17) is 9.52 Å². The topological polar surface area (TPSA) is 91.1 Å². The number of fused-ring (bicyclic) bond motifs is 3. The second kappa shape index (κ2) is 6.21. The van der Waals surface area contributed by atoms with Crippen LogP contribution in [0.15, 0.2) is 64.4 Å². The first-order valence-corrected chi connectivity index (χ1v) is 9.71. The second-order valence-corrected chi connectivity index (χ2v) is 7.18. The SMILES string of the molecule is CCn1ncc2cc(C3=Nc4c(-c5noc6ccccc56)cnn4CC3=O)ccc21. The normalized spacial score (nSPS) is 13.8. The largest absolute Gasteiger partial charge is 0.356 e. The number of para-hydroxylation sites is 1. The maximum Gasteiger partial charge on any atom is 0.203 e. The molecule has 6 rings (SSSR count). The molecule has 0 unspecified atom stereocenters. The fraction of sp³-hybridized carbons (Fsp3) is 0.136. The van der Waals surface area contributed by atoms with Crippen molar-refractivity contribution < 1.29 is 9.32 Å². The van der Waals surface area contributed by atoms with Gasteiger partial charge in [-0.3, -0.25) is 9.48 Å². The maximum absolute atomic E-state index is 12.8. The highest BCUT2D eigenvalue weighted by Gasteiger charge is 2.27. The number of rotatable bonds is 3. The summed E-state index contributed by atoms with van der Waals surface area (Å²) in [5.41, 5.74) is 4.33. The molecule has 1 aliphatic heterocycles. The lowest BCUT2D eigenvalue weighted by Gasteiger charge is -2.14. The van der Waals surface area contributed by atoms with Gasteiger partial charge in [-0.25, -0.2) is 9.67 Å². The molecule has 146 valence electrons. The summed E-state index contributed by atoms with van der Waals surface area (Å²) >= 11 is 0. The predicted molar refractivity (Wildman–Crippen MR) is 112 cm³/mol. The van der Waals surface area contributed by atoms with Gasteiger partial charge in [0.1, 0.15) is 18.0 Å². The van der Waals surface area contributed by atoms with Crippen molar-refractivity contribution in [2.75, 3.05) is 0 Å². The Labute approximate surface area is 170 Å². The van der Waals surface area contributed by atoms with Gasteiger partial charge in [-0.05, 0) is 31.2 Å². The van der Waals surface area contributed by atoms with Crippen LogP contribution < -0.4 is 0 Å². The summed E-state index contributed by atoms with van der Waals surface area (Å²) in [7, 11) is 0. The Balaban J connectivity index is 1.50. The third-order valence-electron chi connectivity index (χ3n) is 5.43. The summed E-state index contributed by atoms with van der Waals surface area (Å²) in [6, 6.07) is 13.5. The average molecular weight is 396 g/mol. The number of hydrogen-bond donors (Lipinski definition) is 0. The standard InChI is InChI=1S/C22H16N6O2/c1-2-27-17-8-7-13(9-14(17)10-23-27)20-18(29)12-28-22(25-20)16(11-24-28)21-15-5-3-4-6-19(15)30-26-21/h3-11H,2,12H2,1H3. The van der Waals surface area contributed by atoms with Crippen molar-refractivity contribution in [2.24, 2.45) is 4.99 Å². The number of aryl methyl sites for hydroxylation is 1. The van der Waals surface area contributed by atoms with E-state index in [9.17, 15) is 4.79 Å². The van der Waals surface area contributed by atoms with Crippen molar-refractivity contribution in [1.82, 2.24) is 24.7 Å². The highest BCUT2D eigenvalue weighted by atomic mass is 16.5. The van der Waals surface area contributed by atoms with Crippen molar-refractivity contribution in [3.05, 3.63) is 60.4 Å². The van der Waals surface area contributed by atoms with Crippen LogP contribution in [0.4, 0.5) is 5.82 Å². The van der Waals surface area contributed by atoms with Gasteiger partial charge in [0.2, 0.25) is 5.78 Å². The molecule has 0 bridgehead atoms. The monoisotopic (exact) mass is 396 g/mol. The van der Waals surface area contributed by atoms with Crippen LogP contribution >= 0.6 is 0 Å². The van der Waals surface area contributed by atoms with Gasteiger partial charge in [0.15, 0.2) is 11.4 Å². The van der Waals surface area contributed by atoms with Gasteiger partial charge < -0.3 is 4.52 Å². The van der Waals surface area contributed by atoms with E-state index in [1.54, 1.807) is 10.9 Å². The number of ketones is 1. The summed E-state index contributed by atoms with van der Waals surface area (Å²) in [6.07, 6.45) is 3.50. The quantitative estimate of drug-likeness (QED) is 0.463. The fourth-order valence-electron chi connectivity index (χ4n) is 3.95. The smallest absolute Gasteiger partial charge is 0.203 e. The molecule has 8 heteroatoms. The molecule has 30 heavy (non-hydrogen) atoms. The molecule has 0 fully saturated rings. The Morgan fingerprint density at radius 2 is 2.00 bits per heavy atom. The van der Waals surface area contributed by atoms with Crippen LogP contribution in [0.3, 0.4) is 0 Å². The minimum absolute atomic E-state index is 0.0793. The minimum Gasteiger partial charge on any atom is -0.356 e. The molecule has 4 heterocycles. The van der Waals surface area contributed by atoms with E-state index in [1.807, 2.05) is 60.3 Å². The zero-order valence-corrected chi connectivity index (χ0v) is 16.1. The van der Waals surface area contributed by atoms with Gasteiger partial charge in [-0.15, -0.1) is 0 Å². The van der Waals surface area contributed by atoms with E-state index >= 15 is 0 Å². The lowest BCUT2D eigenvalue weighted by molar-refractivity contribution is -0.113. The van der Waals surface area contributed by atoms with Gasteiger partial charge >= 0.3 is 0 Å². The highest BCUT2D eigenvalue weighted by Crippen LogP contribution is 2.36. The highest BCUT2D eigenvalue weighted by molar-refractivity contribution is 6.47. The molecule has 5 aromatic rings. The van der Waals surface area contributed by atoms with E-state index in [-0.39, 0.29) is 12.3 Å². The van der Waals surface area contributed by atoms with Gasteiger partial charge in [-0.1, -0.05) is 23.4 Å². The van der Waals surface area contributed by atoms with Crippen LogP contribution in [-0.4, -0.2) is 36.2 Å². The number of hydrogen-bond acceptors (Lipinski definition) is 6. The molecule has 0 spiro atoms. The van der Waals surface area contributed by atoms with Crippen LogP contribution in [-0.2, 0) is 17.9 Å². The van der Waals surface area contributed by atoms with E-state index in [1.165, 1.54) is 0 Å². The maximum atomic E-state index is 12.8. The zero-order valence-electron chi connectivity index (χ0n) is 16.1. The molecule has 0 atom stereocenters. The van der Waals surface area contributed by atoms with Crippen LogP contribution in [0, 0.1) is 0 Å². The molecule has 0 saturated heterocycles. The molecule has 3 aromatic heterocycles. The Morgan fingerprint density at radius 3 is 2.90 bits per heavy atom. The molecule has 0 N–H and O–H groups in total. The molecule has 0 aliphatic carbocycles. The van der Waals surface area contributed by atoms with Crippen molar-refractivity contribution in [3.63, 3.8) is 0 Å². The number of nitrogens with zero attached hydrogens (tertiary/aromatic N) is 6. The fourth-order valence-corrected chi connectivity index (χ4v) is 3.95. The van der Waals surface area contributed by atoms with Crippen LogP contribution in [0.5, 0.6) is 0 Å². The van der Waals surface area contributed by atoms with E-state index in [0.717, 1.165) is 34.0 Å². The molecular weight excluding hydrogens is 380 g/mol. The Kier molecular flexibility index (Phi) is 3.49. The summed E-state index contributed by atoms with van der Waals surface area (Å²) < 4.78 is 8.98.